The Bertz CT molecular complexity index is 1540. The first-order chi connectivity index (χ1) is 17.2. The number of para-hydroxylation sites is 4. The Balaban J connectivity index is 1.64. The quantitative estimate of drug-likeness (QED) is 0.275. The van der Waals surface area contributed by atoms with Crippen LogP contribution in [0, 0.1) is 0 Å². The molecule has 1 aliphatic rings. The van der Waals surface area contributed by atoms with Crippen molar-refractivity contribution in [3.05, 3.63) is 120 Å². The van der Waals surface area contributed by atoms with Crippen LogP contribution in [0.1, 0.15) is 11.1 Å². The number of benzene rings is 5. The first-order valence-electron chi connectivity index (χ1n) is 11.4. The van der Waals surface area contributed by atoms with Gasteiger partial charge in [0, 0.05) is 5.56 Å². The number of hydrogen-bond donors (Lipinski definition) is 2. The van der Waals surface area contributed by atoms with Crippen molar-refractivity contribution in [2.75, 3.05) is 0 Å². The summed E-state index contributed by atoms with van der Waals surface area (Å²) in [6.07, 6.45) is 0.754. The molecular weight excluding hydrogens is 436 g/mol. The van der Waals surface area contributed by atoms with Gasteiger partial charge in [0.05, 0.1) is 0 Å². The molecule has 0 radical (unpaired) electrons. The van der Waals surface area contributed by atoms with Crippen molar-refractivity contribution >= 4 is 0 Å². The molecule has 4 nitrogen and oxygen atoms in total. The number of hydrogen-bond acceptors (Lipinski definition) is 4. The highest BCUT2D eigenvalue weighted by Gasteiger charge is 2.29. The lowest BCUT2D eigenvalue weighted by molar-refractivity contribution is 0.377. The minimum Gasteiger partial charge on any atom is -0.504 e. The van der Waals surface area contributed by atoms with Gasteiger partial charge in [-0.2, -0.15) is 0 Å². The standard InChI is InChI=1S/C31H22O4/c32-25-14-6-8-16-27(25)34-29-19-23-22-13-5-4-12-21(22)18-24(23)30(20-10-2-1-3-11-20)31(29)35-28-17-9-7-15-26(28)33/h1-17,19,32-33H,18H2. The van der Waals surface area contributed by atoms with Gasteiger partial charge in [0.15, 0.2) is 34.5 Å². The molecule has 4 heteroatoms. The third-order valence-corrected chi connectivity index (χ3v) is 6.25. The summed E-state index contributed by atoms with van der Waals surface area (Å²) in [5.41, 5.74) is 6.45. The Hall–Kier alpha value is -4.70. The fourth-order valence-corrected chi connectivity index (χ4v) is 4.63. The lowest BCUT2D eigenvalue weighted by atomic mass is 9.94. The van der Waals surface area contributed by atoms with Crippen LogP contribution in [0.3, 0.4) is 0 Å². The highest BCUT2D eigenvalue weighted by Crippen LogP contribution is 2.53. The van der Waals surface area contributed by atoms with Gasteiger partial charge in [-0.25, -0.2) is 0 Å². The van der Waals surface area contributed by atoms with Gasteiger partial charge in [0.25, 0.3) is 0 Å². The molecule has 0 bridgehead atoms. The fourth-order valence-electron chi connectivity index (χ4n) is 4.63. The van der Waals surface area contributed by atoms with Gasteiger partial charge in [0.2, 0.25) is 0 Å². The van der Waals surface area contributed by atoms with Crippen LogP contribution in [-0.2, 0) is 6.42 Å². The van der Waals surface area contributed by atoms with E-state index in [-0.39, 0.29) is 11.5 Å². The molecule has 1 aliphatic carbocycles. The maximum absolute atomic E-state index is 10.5. The van der Waals surface area contributed by atoms with Crippen LogP contribution in [0.2, 0.25) is 0 Å². The number of fused-ring (bicyclic) bond motifs is 3. The predicted molar refractivity (Wildman–Crippen MR) is 136 cm³/mol. The third-order valence-electron chi connectivity index (χ3n) is 6.25. The van der Waals surface area contributed by atoms with E-state index in [1.54, 1.807) is 42.5 Å². The van der Waals surface area contributed by atoms with E-state index in [2.05, 4.69) is 12.1 Å². The summed E-state index contributed by atoms with van der Waals surface area (Å²) < 4.78 is 12.7. The minimum atomic E-state index is 0.0307. The normalized spacial score (nSPS) is 11.5. The second-order valence-corrected chi connectivity index (χ2v) is 8.44. The summed E-state index contributed by atoms with van der Waals surface area (Å²) in [6.45, 7) is 0. The number of phenolic OH excluding ortho intramolecular Hbond substituents is 2. The molecule has 0 fully saturated rings. The zero-order chi connectivity index (χ0) is 23.8. The molecule has 2 N–H and O–H groups in total. The predicted octanol–water partition coefficient (Wildman–Crippen LogP) is 7.92. The Morgan fingerprint density at radius 1 is 0.543 bits per heavy atom. The molecule has 0 unspecified atom stereocenters. The van der Waals surface area contributed by atoms with Crippen LogP contribution in [0.5, 0.6) is 34.5 Å². The van der Waals surface area contributed by atoms with Crippen molar-refractivity contribution in [1.29, 1.82) is 0 Å². The summed E-state index contributed by atoms with van der Waals surface area (Å²) in [4.78, 5) is 0. The maximum atomic E-state index is 10.5. The van der Waals surface area contributed by atoms with E-state index in [0.29, 0.717) is 23.0 Å². The van der Waals surface area contributed by atoms with Crippen LogP contribution in [-0.4, -0.2) is 10.2 Å². The third kappa shape index (κ3) is 3.75. The molecule has 0 saturated heterocycles. The van der Waals surface area contributed by atoms with Gasteiger partial charge in [-0.15, -0.1) is 0 Å². The van der Waals surface area contributed by atoms with Gasteiger partial charge in [-0.05, 0) is 64.6 Å². The molecule has 5 aromatic rings. The molecule has 0 amide bonds. The average molecular weight is 459 g/mol. The summed E-state index contributed by atoms with van der Waals surface area (Å²) in [5, 5.41) is 20.9. The maximum Gasteiger partial charge on any atom is 0.178 e. The van der Waals surface area contributed by atoms with Crippen LogP contribution < -0.4 is 9.47 Å². The van der Waals surface area contributed by atoms with Crippen molar-refractivity contribution in [2.45, 2.75) is 6.42 Å². The van der Waals surface area contributed by atoms with Crippen molar-refractivity contribution in [3.8, 4) is 56.8 Å². The molecule has 0 heterocycles. The van der Waals surface area contributed by atoms with Gasteiger partial charge < -0.3 is 19.7 Å². The van der Waals surface area contributed by atoms with E-state index in [1.807, 2.05) is 54.6 Å². The largest absolute Gasteiger partial charge is 0.504 e. The Morgan fingerprint density at radius 3 is 1.86 bits per heavy atom. The van der Waals surface area contributed by atoms with Crippen molar-refractivity contribution in [3.63, 3.8) is 0 Å². The van der Waals surface area contributed by atoms with Crippen molar-refractivity contribution in [1.82, 2.24) is 0 Å². The molecular formula is C31H22O4. The molecule has 0 saturated carbocycles. The van der Waals surface area contributed by atoms with E-state index < -0.39 is 0 Å². The molecule has 6 rings (SSSR count). The Morgan fingerprint density at radius 2 is 1.14 bits per heavy atom. The number of aromatic hydroxyl groups is 2. The van der Waals surface area contributed by atoms with Crippen molar-refractivity contribution < 1.29 is 19.7 Å². The fraction of sp³-hybridized carbons (Fsp3) is 0.0323. The zero-order valence-electron chi connectivity index (χ0n) is 18.8. The second-order valence-electron chi connectivity index (χ2n) is 8.44. The SMILES string of the molecule is Oc1ccccc1Oc1cc2c(c(-c3ccccc3)c1Oc1ccccc1O)Cc1ccccc1-2. The molecule has 0 atom stereocenters. The zero-order valence-corrected chi connectivity index (χ0v) is 18.8. The van der Waals surface area contributed by atoms with Crippen LogP contribution in [0.25, 0.3) is 22.3 Å². The average Bonchev–Trinajstić information content (AvgIpc) is 3.25. The molecule has 35 heavy (non-hydrogen) atoms. The smallest absolute Gasteiger partial charge is 0.178 e. The monoisotopic (exact) mass is 458 g/mol. The number of rotatable bonds is 5. The first kappa shape index (κ1) is 20.9. The van der Waals surface area contributed by atoms with E-state index in [4.69, 9.17) is 9.47 Å². The molecule has 0 aliphatic heterocycles. The number of phenols is 2. The lowest BCUT2D eigenvalue weighted by Gasteiger charge is -2.21. The molecule has 0 aromatic heterocycles. The highest BCUT2D eigenvalue weighted by atomic mass is 16.5. The van der Waals surface area contributed by atoms with Gasteiger partial charge in [-0.3, -0.25) is 0 Å². The summed E-state index contributed by atoms with van der Waals surface area (Å²) in [5.74, 6) is 1.63. The van der Waals surface area contributed by atoms with Crippen molar-refractivity contribution in [2.24, 2.45) is 0 Å². The topological polar surface area (TPSA) is 58.9 Å². The molecule has 0 spiro atoms. The minimum absolute atomic E-state index is 0.0307. The lowest BCUT2D eigenvalue weighted by Crippen LogP contribution is -1.98. The van der Waals surface area contributed by atoms with E-state index in [1.165, 1.54) is 5.56 Å². The molecule has 170 valence electrons. The Labute approximate surface area is 203 Å². The van der Waals surface area contributed by atoms with Gasteiger partial charge in [0.1, 0.15) is 0 Å². The second kappa shape index (κ2) is 8.58. The number of ether oxygens (including phenoxy) is 2. The van der Waals surface area contributed by atoms with Gasteiger partial charge >= 0.3 is 0 Å². The summed E-state index contributed by atoms with van der Waals surface area (Å²) >= 11 is 0. The molecule has 5 aromatic carbocycles. The Kier molecular flexibility index (Phi) is 5.12. The summed E-state index contributed by atoms with van der Waals surface area (Å²) in [6, 6.07) is 34.0. The highest BCUT2D eigenvalue weighted by molar-refractivity contribution is 5.90. The van der Waals surface area contributed by atoms with Gasteiger partial charge in [-0.1, -0.05) is 78.9 Å². The first-order valence-corrected chi connectivity index (χ1v) is 11.4. The van der Waals surface area contributed by atoms with E-state index in [0.717, 1.165) is 34.2 Å². The van der Waals surface area contributed by atoms with Crippen LogP contribution >= 0.6 is 0 Å². The van der Waals surface area contributed by atoms with Crippen LogP contribution in [0.15, 0.2) is 109 Å². The van der Waals surface area contributed by atoms with Crippen LogP contribution in [0.4, 0.5) is 0 Å². The van der Waals surface area contributed by atoms with E-state index in [9.17, 15) is 10.2 Å². The summed E-state index contributed by atoms with van der Waals surface area (Å²) in [7, 11) is 0. The van der Waals surface area contributed by atoms with E-state index >= 15 is 0 Å².